The summed E-state index contributed by atoms with van der Waals surface area (Å²) < 4.78 is 10.9. The van der Waals surface area contributed by atoms with Crippen LogP contribution >= 0.6 is 0 Å². The van der Waals surface area contributed by atoms with Gasteiger partial charge in [0.25, 0.3) is 0 Å². The van der Waals surface area contributed by atoms with Crippen molar-refractivity contribution < 1.29 is 14.3 Å². The summed E-state index contributed by atoms with van der Waals surface area (Å²) in [5.41, 5.74) is 1.68. The summed E-state index contributed by atoms with van der Waals surface area (Å²) in [6.45, 7) is 7.06. The van der Waals surface area contributed by atoms with Gasteiger partial charge in [0, 0.05) is 19.4 Å². The van der Waals surface area contributed by atoms with Gasteiger partial charge in [-0.2, -0.15) is 0 Å². The van der Waals surface area contributed by atoms with Gasteiger partial charge >= 0.3 is 0 Å². The molecule has 0 aromatic carbocycles. The fourth-order valence-electron chi connectivity index (χ4n) is 5.31. The van der Waals surface area contributed by atoms with E-state index in [4.69, 9.17) is 9.47 Å². The first-order valence-electron chi connectivity index (χ1n) is 10.2. The van der Waals surface area contributed by atoms with Crippen LogP contribution in [0, 0.1) is 23.2 Å². The number of hydrogen-bond donors (Lipinski definition) is 0. The van der Waals surface area contributed by atoms with Crippen LogP contribution < -0.4 is 0 Å². The standard InChI is InChI=1S/C22H36O3/c1-21(2,25-15-24-4)13-5-7-17(16-9-10-16)18-11-12-19-20(23)8-6-14-22(18,19)3/h11,16-17,19H,5-10,12-15H2,1-4H3/t17-,19-,22+/m0/s1. The van der Waals surface area contributed by atoms with Crippen LogP contribution in [0.5, 0.6) is 0 Å². The highest BCUT2D eigenvalue weighted by molar-refractivity contribution is 5.84. The molecule has 0 spiro atoms. The highest BCUT2D eigenvalue weighted by atomic mass is 16.7. The van der Waals surface area contributed by atoms with Crippen LogP contribution in [0.1, 0.15) is 78.6 Å². The van der Waals surface area contributed by atoms with E-state index in [1.807, 2.05) is 0 Å². The zero-order valence-corrected chi connectivity index (χ0v) is 16.6. The number of ketones is 1. The Morgan fingerprint density at radius 1 is 1.36 bits per heavy atom. The Kier molecular flexibility index (Phi) is 5.75. The van der Waals surface area contributed by atoms with Crippen LogP contribution in [-0.4, -0.2) is 25.3 Å². The summed E-state index contributed by atoms with van der Waals surface area (Å²) in [5, 5.41) is 0. The summed E-state index contributed by atoms with van der Waals surface area (Å²) in [6.07, 6.45) is 12.8. The number of allylic oxidation sites excluding steroid dienone is 2. The van der Waals surface area contributed by atoms with Gasteiger partial charge < -0.3 is 9.47 Å². The molecule has 2 saturated carbocycles. The van der Waals surface area contributed by atoms with Crippen LogP contribution in [0.25, 0.3) is 0 Å². The molecular weight excluding hydrogens is 312 g/mol. The van der Waals surface area contributed by atoms with Crippen molar-refractivity contribution in [3.05, 3.63) is 11.6 Å². The second kappa shape index (κ2) is 7.52. The maximum atomic E-state index is 12.4. The topological polar surface area (TPSA) is 35.5 Å². The number of rotatable bonds is 9. The Hall–Kier alpha value is -0.670. The number of methoxy groups -OCH3 is 1. The Balaban J connectivity index is 1.61. The van der Waals surface area contributed by atoms with Crippen molar-refractivity contribution in [1.29, 1.82) is 0 Å². The van der Waals surface area contributed by atoms with Crippen molar-refractivity contribution in [2.45, 2.75) is 84.2 Å². The summed E-state index contributed by atoms with van der Waals surface area (Å²) in [6, 6.07) is 0. The number of ether oxygens (including phenoxy) is 2. The van der Waals surface area contributed by atoms with Gasteiger partial charge in [-0.25, -0.2) is 0 Å². The number of hydrogen-bond acceptors (Lipinski definition) is 3. The first-order valence-corrected chi connectivity index (χ1v) is 10.2. The van der Waals surface area contributed by atoms with Crippen LogP contribution in [0.15, 0.2) is 11.6 Å². The van der Waals surface area contributed by atoms with Gasteiger partial charge in [0.2, 0.25) is 0 Å². The molecule has 0 N–H and O–H groups in total. The number of carbonyl (C=O) groups is 1. The fourth-order valence-corrected chi connectivity index (χ4v) is 5.31. The van der Waals surface area contributed by atoms with E-state index >= 15 is 0 Å². The Bertz CT molecular complexity index is 517. The maximum Gasteiger partial charge on any atom is 0.147 e. The minimum atomic E-state index is -0.124. The predicted molar refractivity (Wildman–Crippen MR) is 100 cm³/mol. The predicted octanol–water partition coefficient (Wildman–Crippen LogP) is 5.29. The molecule has 3 aliphatic carbocycles. The molecule has 0 saturated heterocycles. The molecule has 3 nitrogen and oxygen atoms in total. The molecule has 0 radical (unpaired) electrons. The van der Waals surface area contributed by atoms with E-state index in [2.05, 4.69) is 26.8 Å². The molecule has 0 unspecified atom stereocenters. The third kappa shape index (κ3) is 4.19. The number of fused-ring (bicyclic) bond motifs is 1. The number of Topliss-reactive ketones (excluding diaryl/α,β-unsaturated/α-hetero) is 1. The van der Waals surface area contributed by atoms with E-state index in [9.17, 15) is 4.79 Å². The van der Waals surface area contributed by atoms with Gasteiger partial charge in [-0.1, -0.05) is 18.6 Å². The van der Waals surface area contributed by atoms with Gasteiger partial charge in [-0.3, -0.25) is 4.79 Å². The zero-order chi connectivity index (χ0) is 18.1. The second-order valence-corrected chi connectivity index (χ2v) is 9.33. The average Bonchev–Trinajstić information content (AvgIpc) is 3.33. The molecule has 0 bridgehead atoms. The SMILES string of the molecule is COCOC(C)(C)CCC[C@H](C1=CC[C@H]2C(=O)CCC[C@]12C)C1CC1. The van der Waals surface area contributed by atoms with Crippen LogP contribution in [0.2, 0.25) is 0 Å². The molecule has 0 aromatic heterocycles. The quantitative estimate of drug-likeness (QED) is 0.420. The molecule has 3 aliphatic rings. The second-order valence-electron chi connectivity index (χ2n) is 9.33. The first-order chi connectivity index (χ1) is 11.9. The smallest absolute Gasteiger partial charge is 0.147 e. The van der Waals surface area contributed by atoms with Gasteiger partial charge in [-0.05, 0) is 82.5 Å². The lowest BCUT2D eigenvalue weighted by Crippen LogP contribution is -2.37. The lowest BCUT2D eigenvalue weighted by atomic mass is 9.62. The molecule has 142 valence electrons. The van der Waals surface area contributed by atoms with E-state index in [0.717, 1.165) is 31.6 Å². The Morgan fingerprint density at radius 2 is 2.12 bits per heavy atom. The van der Waals surface area contributed by atoms with Crippen molar-refractivity contribution in [1.82, 2.24) is 0 Å². The van der Waals surface area contributed by atoms with Crippen molar-refractivity contribution in [3.8, 4) is 0 Å². The molecule has 3 rings (SSSR count). The first kappa shape index (κ1) is 19.1. The summed E-state index contributed by atoms with van der Waals surface area (Å²) in [4.78, 5) is 12.4. The largest absolute Gasteiger partial charge is 0.359 e. The lowest BCUT2D eigenvalue weighted by molar-refractivity contribution is -0.128. The van der Waals surface area contributed by atoms with Gasteiger partial charge in [0.05, 0.1) is 5.60 Å². The van der Waals surface area contributed by atoms with E-state index in [1.54, 1.807) is 12.7 Å². The van der Waals surface area contributed by atoms with E-state index in [-0.39, 0.29) is 16.9 Å². The minimum Gasteiger partial charge on any atom is -0.359 e. The van der Waals surface area contributed by atoms with E-state index in [0.29, 0.717) is 18.5 Å². The zero-order valence-electron chi connectivity index (χ0n) is 16.6. The van der Waals surface area contributed by atoms with E-state index in [1.165, 1.54) is 32.1 Å². The molecule has 0 aliphatic heterocycles. The molecule has 0 heterocycles. The van der Waals surface area contributed by atoms with Gasteiger partial charge in [0.1, 0.15) is 12.6 Å². The van der Waals surface area contributed by atoms with Crippen molar-refractivity contribution in [2.24, 2.45) is 23.2 Å². The summed E-state index contributed by atoms with van der Waals surface area (Å²) >= 11 is 0. The summed E-state index contributed by atoms with van der Waals surface area (Å²) in [7, 11) is 1.67. The molecule has 0 amide bonds. The third-order valence-electron chi connectivity index (χ3n) is 6.96. The minimum absolute atomic E-state index is 0.124. The normalized spacial score (nSPS) is 31.0. The molecule has 0 aromatic rings. The summed E-state index contributed by atoms with van der Waals surface area (Å²) in [5.74, 6) is 2.35. The Morgan fingerprint density at radius 3 is 2.80 bits per heavy atom. The Labute approximate surface area is 153 Å². The molecule has 2 fully saturated rings. The van der Waals surface area contributed by atoms with Crippen molar-refractivity contribution >= 4 is 5.78 Å². The molecule has 25 heavy (non-hydrogen) atoms. The number of carbonyl (C=O) groups excluding carboxylic acids is 1. The van der Waals surface area contributed by atoms with Crippen LogP contribution in [-0.2, 0) is 14.3 Å². The molecular formula is C22H36O3. The third-order valence-corrected chi connectivity index (χ3v) is 6.96. The molecule has 3 heteroatoms. The van der Waals surface area contributed by atoms with Crippen molar-refractivity contribution in [2.75, 3.05) is 13.9 Å². The molecule has 3 atom stereocenters. The van der Waals surface area contributed by atoms with Gasteiger partial charge in [-0.15, -0.1) is 0 Å². The highest BCUT2D eigenvalue weighted by Crippen LogP contribution is 2.58. The lowest BCUT2D eigenvalue weighted by Gasteiger charge is -2.41. The fraction of sp³-hybridized carbons (Fsp3) is 0.864. The van der Waals surface area contributed by atoms with Crippen molar-refractivity contribution in [3.63, 3.8) is 0 Å². The van der Waals surface area contributed by atoms with E-state index < -0.39 is 0 Å². The average molecular weight is 349 g/mol. The maximum absolute atomic E-state index is 12.4. The highest BCUT2D eigenvalue weighted by Gasteiger charge is 2.50. The van der Waals surface area contributed by atoms with Gasteiger partial charge in [0.15, 0.2) is 0 Å². The van der Waals surface area contributed by atoms with Crippen LogP contribution in [0.4, 0.5) is 0 Å². The monoisotopic (exact) mass is 348 g/mol. The van der Waals surface area contributed by atoms with Crippen LogP contribution in [0.3, 0.4) is 0 Å².